The minimum atomic E-state index is -0.695. The van der Waals surface area contributed by atoms with Crippen LogP contribution in [-0.2, 0) is 9.53 Å². The number of aromatic nitrogens is 4. The zero-order valence-corrected chi connectivity index (χ0v) is 16.1. The number of carbonyl (C=O) groups is 2. The van der Waals surface area contributed by atoms with Crippen LogP contribution in [-0.4, -0.2) is 38.5 Å². The van der Waals surface area contributed by atoms with Crippen LogP contribution in [0.4, 0.5) is 5.82 Å². The summed E-state index contributed by atoms with van der Waals surface area (Å²) in [6, 6.07) is 20.2. The minimum absolute atomic E-state index is 0.185. The molecule has 9 nitrogen and oxygen atoms in total. The molecule has 0 radical (unpaired) electrons. The third kappa shape index (κ3) is 4.18. The molecule has 152 valence electrons. The highest BCUT2D eigenvalue weighted by atomic mass is 16.5. The lowest BCUT2D eigenvalue weighted by Crippen LogP contribution is -2.23. The van der Waals surface area contributed by atoms with Crippen molar-refractivity contribution >= 4 is 17.7 Å². The van der Waals surface area contributed by atoms with E-state index in [1.165, 1.54) is 17.1 Å². The van der Waals surface area contributed by atoms with Gasteiger partial charge in [0.15, 0.2) is 12.4 Å². The average Bonchev–Trinajstić information content (AvgIpc) is 3.46. The summed E-state index contributed by atoms with van der Waals surface area (Å²) in [5, 5.41) is 22.7. The summed E-state index contributed by atoms with van der Waals surface area (Å²) in [5.74, 6) is -1.10. The van der Waals surface area contributed by atoms with Crippen molar-refractivity contribution in [3.05, 3.63) is 84.2 Å². The number of benzene rings is 2. The van der Waals surface area contributed by atoms with Gasteiger partial charge in [-0.3, -0.25) is 9.89 Å². The fourth-order valence-corrected chi connectivity index (χ4v) is 2.96. The maximum absolute atomic E-state index is 12.5. The number of para-hydroxylation sites is 1. The van der Waals surface area contributed by atoms with E-state index in [2.05, 4.69) is 20.6 Å². The highest BCUT2D eigenvalue weighted by molar-refractivity contribution is 5.98. The Morgan fingerprint density at radius 2 is 1.77 bits per heavy atom. The Kier molecular flexibility index (Phi) is 5.53. The second-order valence-electron chi connectivity index (χ2n) is 6.42. The lowest BCUT2D eigenvalue weighted by Gasteiger charge is -2.10. The van der Waals surface area contributed by atoms with Crippen molar-refractivity contribution in [2.24, 2.45) is 0 Å². The largest absolute Gasteiger partial charge is 0.452 e. The summed E-state index contributed by atoms with van der Waals surface area (Å²) in [4.78, 5) is 24.9. The molecule has 0 saturated heterocycles. The Balaban J connectivity index is 1.46. The molecule has 0 spiro atoms. The van der Waals surface area contributed by atoms with Crippen LogP contribution in [0, 0.1) is 11.3 Å². The molecule has 4 rings (SSSR count). The molecule has 0 aliphatic rings. The molecule has 2 aromatic carbocycles. The van der Waals surface area contributed by atoms with Crippen LogP contribution >= 0.6 is 0 Å². The monoisotopic (exact) mass is 412 g/mol. The number of anilines is 1. The standard InChI is InChI=1S/C22H16N6O3/c23-11-16-12-25-28(17-9-5-2-6-10-17)21(16)26-19(29)14-31-22(30)18-13-24-27-20(18)15-7-3-1-4-8-15/h1-10,12-13H,14H2,(H,24,27)(H,26,29). The molecule has 1 amide bonds. The number of hydrogen-bond acceptors (Lipinski definition) is 6. The van der Waals surface area contributed by atoms with Crippen LogP contribution in [0.15, 0.2) is 73.1 Å². The molecule has 0 fully saturated rings. The van der Waals surface area contributed by atoms with Gasteiger partial charge < -0.3 is 10.1 Å². The van der Waals surface area contributed by atoms with Crippen molar-refractivity contribution in [1.29, 1.82) is 5.26 Å². The maximum Gasteiger partial charge on any atom is 0.342 e. The molecule has 4 aromatic rings. The van der Waals surface area contributed by atoms with E-state index in [1.807, 2.05) is 54.6 Å². The Bertz CT molecular complexity index is 1260. The van der Waals surface area contributed by atoms with Crippen LogP contribution in [0.3, 0.4) is 0 Å². The first-order valence-electron chi connectivity index (χ1n) is 9.26. The van der Waals surface area contributed by atoms with E-state index in [0.717, 1.165) is 5.56 Å². The summed E-state index contributed by atoms with van der Waals surface area (Å²) in [7, 11) is 0. The third-order valence-corrected chi connectivity index (χ3v) is 4.40. The fourth-order valence-electron chi connectivity index (χ4n) is 2.96. The Morgan fingerprint density at radius 1 is 1.06 bits per heavy atom. The second kappa shape index (κ2) is 8.75. The van der Waals surface area contributed by atoms with Gasteiger partial charge in [-0.15, -0.1) is 0 Å². The molecular weight excluding hydrogens is 396 g/mol. The number of nitriles is 1. The number of aromatic amines is 1. The van der Waals surface area contributed by atoms with Crippen molar-refractivity contribution < 1.29 is 14.3 Å². The number of amides is 1. The summed E-state index contributed by atoms with van der Waals surface area (Å²) in [6.45, 7) is -0.539. The van der Waals surface area contributed by atoms with E-state index >= 15 is 0 Å². The van der Waals surface area contributed by atoms with Gasteiger partial charge in [-0.1, -0.05) is 48.5 Å². The number of nitrogens with zero attached hydrogens (tertiary/aromatic N) is 4. The van der Waals surface area contributed by atoms with E-state index in [0.29, 0.717) is 11.4 Å². The van der Waals surface area contributed by atoms with E-state index in [9.17, 15) is 14.9 Å². The first-order chi connectivity index (χ1) is 15.2. The first-order valence-corrected chi connectivity index (χ1v) is 9.26. The van der Waals surface area contributed by atoms with Crippen molar-refractivity contribution in [3.63, 3.8) is 0 Å². The number of hydrogen-bond donors (Lipinski definition) is 2. The average molecular weight is 412 g/mol. The number of ether oxygens (including phenoxy) is 1. The van der Waals surface area contributed by atoms with Crippen LogP contribution in [0.5, 0.6) is 0 Å². The fraction of sp³-hybridized carbons (Fsp3) is 0.0455. The van der Waals surface area contributed by atoms with Gasteiger partial charge in [0.25, 0.3) is 5.91 Å². The SMILES string of the molecule is N#Cc1cnn(-c2ccccc2)c1NC(=O)COC(=O)c1cn[nH]c1-c1ccccc1. The van der Waals surface area contributed by atoms with Crippen LogP contribution < -0.4 is 5.32 Å². The highest BCUT2D eigenvalue weighted by Crippen LogP contribution is 2.22. The Labute approximate surface area is 176 Å². The number of rotatable bonds is 6. The van der Waals surface area contributed by atoms with Gasteiger partial charge in [-0.2, -0.15) is 15.5 Å². The van der Waals surface area contributed by atoms with Gasteiger partial charge in [0.1, 0.15) is 17.2 Å². The number of carbonyl (C=O) groups excluding carboxylic acids is 2. The molecule has 0 aliphatic carbocycles. The molecule has 0 aliphatic heterocycles. The lowest BCUT2D eigenvalue weighted by atomic mass is 10.1. The predicted octanol–water partition coefficient (Wildman–Crippen LogP) is 2.93. The summed E-state index contributed by atoms with van der Waals surface area (Å²) >= 11 is 0. The highest BCUT2D eigenvalue weighted by Gasteiger charge is 2.19. The minimum Gasteiger partial charge on any atom is -0.452 e. The number of H-pyrrole nitrogens is 1. The molecular formula is C22H16N6O3. The van der Waals surface area contributed by atoms with Gasteiger partial charge in [-0.25, -0.2) is 9.48 Å². The van der Waals surface area contributed by atoms with Crippen LogP contribution in [0.25, 0.3) is 16.9 Å². The zero-order chi connectivity index (χ0) is 21.6. The Morgan fingerprint density at radius 3 is 2.48 bits per heavy atom. The zero-order valence-electron chi connectivity index (χ0n) is 16.1. The third-order valence-electron chi connectivity index (χ3n) is 4.40. The quantitative estimate of drug-likeness (QED) is 0.469. The molecule has 0 unspecified atom stereocenters. The normalized spacial score (nSPS) is 10.3. The van der Waals surface area contributed by atoms with Crippen molar-refractivity contribution in [2.45, 2.75) is 0 Å². The molecule has 0 saturated carbocycles. The van der Waals surface area contributed by atoms with Crippen molar-refractivity contribution in [2.75, 3.05) is 11.9 Å². The summed E-state index contributed by atoms with van der Waals surface area (Å²) < 4.78 is 6.59. The van der Waals surface area contributed by atoms with Gasteiger partial charge >= 0.3 is 5.97 Å². The van der Waals surface area contributed by atoms with Gasteiger partial charge in [0, 0.05) is 5.56 Å². The van der Waals surface area contributed by atoms with Gasteiger partial charge in [0.05, 0.1) is 23.8 Å². The van der Waals surface area contributed by atoms with Gasteiger partial charge in [0.2, 0.25) is 0 Å². The molecule has 2 heterocycles. The summed E-state index contributed by atoms with van der Waals surface area (Å²) in [5.41, 5.74) is 2.33. The molecule has 9 heteroatoms. The van der Waals surface area contributed by atoms with Crippen LogP contribution in [0.1, 0.15) is 15.9 Å². The molecule has 0 atom stereocenters. The Hall–Kier alpha value is -4.71. The van der Waals surface area contributed by atoms with E-state index < -0.39 is 18.5 Å². The van der Waals surface area contributed by atoms with E-state index in [-0.39, 0.29) is 16.9 Å². The van der Waals surface area contributed by atoms with Crippen LogP contribution in [0.2, 0.25) is 0 Å². The predicted molar refractivity (Wildman–Crippen MR) is 111 cm³/mol. The van der Waals surface area contributed by atoms with E-state index in [4.69, 9.17) is 4.74 Å². The molecule has 2 N–H and O–H groups in total. The van der Waals surface area contributed by atoms with E-state index in [1.54, 1.807) is 12.1 Å². The smallest absolute Gasteiger partial charge is 0.342 e. The van der Waals surface area contributed by atoms with Crippen molar-refractivity contribution in [3.8, 4) is 23.0 Å². The molecule has 2 aromatic heterocycles. The first kappa shape index (κ1) is 19.6. The number of nitrogens with one attached hydrogen (secondary N) is 2. The topological polar surface area (TPSA) is 126 Å². The summed E-state index contributed by atoms with van der Waals surface area (Å²) in [6.07, 6.45) is 2.70. The second-order valence-corrected chi connectivity index (χ2v) is 6.42. The molecule has 0 bridgehead atoms. The maximum atomic E-state index is 12.5. The molecule has 31 heavy (non-hydrogen) atoms. The lowest BCUT2D eigenvalue weighted by molar-refractivity contribution is -0.119. The number of esters is 1. The van der Waals surface area contributed by atoms with Crippen molar-refractivity contribution in [1.82, 2.24) is 20.0 Å². The van der Waals surface area contributed by atoms with Gasteiger partial charge in [-0.05, 0) is 12.1 Å².